The Hall–Kier alpha value is -0.950. The summed E-state index contributed by atoms with van der Waals surface area (Å²) in [5.74, 6) is 0.458. The number of hydrogen-bond donors (Lipinski definition) is 1. The fourth-order valence-corrected chi connectivity index (χ4v) is 3.58. The molecule has 3 heterocycles. The minimum absolute atomic E-state index is 0.321. The average molecular weight is 322 g/mol. The first kappa shape index (κ1) is 16.9. The van der Waals surface area contributed by atoms with E-state index in [1.54, 1.807) is 0 Å². The van der Waals surface area contributed by atoms with Gasteiger partial charge in [-0.25, -0.2) is 0 Å². The number of nitrogens with zero attached hydrogens (tertiary/aromatic N) is 4. The molecule has 2 aliphatic rings. The standard InChI is InChI=1S/C17H30N4O2/c1-15-17(12-20-7-9-23-10-8-20)13-21(18-15)6-5-19-4-2-3-16(11-19)14-22/h13,16,22H,2-12,14H2,1H3. The summed E-state index contributed by atoms with van der Waals surface area (Å²) in [4.78, 5) is 4.90. The molecular weight excluding hydrogens is 292 g/mol. The molecule has 0 aromatic carbocycles. The van der Waals surface area contributed by atoms with Crippen LogP contribution in [0.4, 0.5) is 0 Å². The van der Waals surface area contributed by atoms with E-state index in [0.717, 1.165) is 71.1 Å². The van der Waals surface area contributed by atoms with Gasteiger partial charge in [-0.2, -0.15) is 5.10 Å². The molecule has 1 aromatic heterocycles. The molecule has 1 N–H and O–H groups in total. The molecule has 2 fully saturated rings. The second-order valence-electron chi connectivity index (χ2n) is 6.88. The van der Waals surface area contributed by atoms with Gasteiger partial charge >= 0.3 is 0 Å². The van der Waals surface area contributed by atoms with Gasteiger partial charge in [-0.3, -0.25) is 9.58 Å². The second kappa shape index (κ2) is 8.24. The summed E-state index contributed by atoms with van der Waals surface area (Å²) < 4.78 is 7.50. The quantitative estimate of drug-likeness (QED) is 0.837. The van der Waals surface area contributed by atoms with Crippen molar-refractivity contribution in [3.8, 4) is 0 Å². The summed E-state index contributed by atoms with van der Waals surface area (Å²) in [7, 11) is 0. The number of rotatable bonds is 6. The molecule has 3 rings (SSSR count). The molecule has 0 aliphatic carbocycles. The largest absolute Gasteiger partial charge is 0.396 e. The van der Waals surface area contributed by atoms with Crippen LogP contribution in [0.5, 0.6) is 0 Å². The molecule has 130 valence electrons. The van der Waals surface area contributed by atoms with Crippen molar-refractivity contribution in [2.24, 2.45) is 5.92 Å². The molecule has 23 heavy (non-hydrogen) atoms. The van der Waals surface area contributed by atoms with Gasteiger partial charge in [0.15, 0.2) is 0 Å². The topological polar surface area (TPSA) is 53.8 Å². The summed E-state index contributed by atoms with van der Waals surface area (Å²) in [5.41, 5.74) is 2.47. The molecular formula is C17H30N4O2. The lowest BCUT2D eigenvalue weighted by molar-refractivity contribution is 0.0341. The van der Waals surface area contributed by atoms with E-state index in [0.29, 0.717) is 12.5 Å². The van der Waals surface area contributed by atoms with Gasteiger partial charge in [0.25, 0.3) is 0 Å². The number of aliphatic hydroxyl groups is 1. The van der Waals surface area contributed by atoms with Crippen molar-refractivity contribution in [1.29, 1.82) is 0 Å². The molecule has 0 saturated carbocycles. The summed E-state index contributed by atoms with van der Waals surface area (Å²) in [6.07, 6.45) is 4.57. The molecule has 1 atom stereocenters. The van der Waals surface area contributed by atoms with Gasteiger partial charge in [0.05, 0.1) is 25.5 Å². The maximum Gasteiger partial charge on any atom is 0.0638 e. The van der Waals surface area contributed by atoms with Crippen LogP contribution in [0.1, 0.15) is 24.1 Å². The summed E-state index contributed by atoms with van der Waals surface area (Å²) in [6.45, 7) is 11.2. The lowest BCUT2D eigenvalue weighted by atomic mass is 9.99. The van der Waals surface area contributed by atoms with Crippen LogP contribution in [-0.4, -0.2) is 77.2 Å². The van der Waals surface area contributed by atoms with E-state index < -0.39 is 0 Å². The Morgan fingerprint density at radius 2 is 2.04 bits per heavy atom. The van der Waals surface area contributed by atoms with E-state index >= 15 is 0 Å². The minimum atomic E-state index is 0.321. The number of likely N-dealkylation sites (tertiary alicyclic amines) is 1. The van der Waals surface area contributed by atoms with Crippen molar-refractivity contribution in [2.45, 2.75) is 32.9 Å². The third-order valence-corrected chi connectivity index (χ3v) is 5.05. The maximum absolute atomic E-state index is 9.33. The van der Waals surface area contributed by atoms with Gasteiger partial charge in [-0.1, -0.05) is 0 Å². The molecule has 1 aromatic rings. The van der Waals surface area contributed by atoms with Crippen LogP contribution in [0.15, 0.2) is 6.20 Å². The van der Waals surface area contributed by atoms with E-state index in [9.17, 15) is 5.11 Å². The molecule has 0 amide bonds. The van der Waals surface area contributed by atoms with Crippen LogP contribution in [0.25, 0.3) is 0 Å². The second-order valence-corrected chi connectivity index (χ2v) is 6.88. The molecule has 1 unspecified atom stereocenters. The van der Waals surface area contributed by atoms with Crippen LogP contribution in [-0.2, 0) is 17.8 Å². The molecule has 6 nitrogen and oxygen atoms in total. The number of aliphatic hydroxyl groups excluding tert-OH is 1. The number of aryl methyl sites for hydroxylation is 1. The molecule has 0 bridgehead atoms. The minimum Gasteiger partial charge on any atom is -0.396 e. The zero-order chi connectivity index (χ0) is 16.1. The zero-order valence-electron chi connectivity index (χ0n) is 14.3. The van der Waals surface area contributed by atoms with Gasteiger partial charge in [0.2, 0.25) is 0 Å². The van der Waals surface area contributed by atoms with E-state index in [-0.39, 0.29) is 0 Å². The SMILES string of the molecule is Cc1nn(CCN2CCCC(CO)C2)cc1CN1CCOCC1. The van der Waals surface area contributed by atoms with Gasteiger partial charge in [-0.05, 0) is 32.2 Å². The van der Waals surface area contributed by atoms with Crippen molar-refractivity contribution in [1.82, 2.24) is 19.6 Å². The van der Waals surface area contributed by atoms with Crippen LogP contribution in [0.3, 0.4) is 0 Å². The van der Waals surface area contributed by atoms with Gasteiger partial charge in [0, 0.05) is 51.1 Å². The first-order valence-corrected chi connectivity index (χ1v) is 8.91. The Bertz CT molecular complexity index is 485. The van der Waals surface area contributed by atoms with Gasteiger partial charge in [-0.15, -0.1) is 0 Å². The summed E-state index contributed by atoms with van der Waals surface area (Å²) in [5, 5.41) is 14.0. The predicted octanol–water partition coefficient (Wildman–Crippen LogP) is 0.728. The first-order valence-electron chi connectivity index (χ1n) is 8.91. The van der Waals surface area contributed by atoms with Crippen molar-refractivity contribution < 1.29 is 9.84 Å². The third kappa shape index (κ3) is 4.76. The van der Waals surface area contributed by atoms with Crippen LogP contribution in [0, 0.1) is 12.8 Å². The molecule has 2 aliphatic heterocycles. The Labute approximate surface area is 139 Å². The van der Waals surface area contributed by atoms with Crippen LogP contribution in [0.2, 0.25) is 0 Å². The summed E-state index contributed by atoms with van der Waals surface area (Å²) >= 11 is 0. The Morgan fingerprint density at radius 1 is 1.22 bits per heavy atom. The molecule has 0 radical (unpaired) electrons. The highest BCUT2D eigenvalue weighted by atomic mass is 16.5. The van der Waals surface area contributed by atoms with Gasteiger partial charge < -0.3 is 14.7 Å². The number of aromatic nitrogens is 2. The molecule has 2 saturated heterocycles. The highest BCUT2D eigenvalue weighted by Crippen LogP contribution is 2.16. The first-order chi connectivity index (χ1) is 11.2. The Balaban J connectivity index is 1.49. The predicted molar refractivity (Wildman–Crippen MR) is 89.3 cm³/mol. The van der Waals surface area contributed by atoms with Crippen LogP contribution >= 0.6 is 0 Å². The lowest BCUT2D eigenvalue weighted by Crippen LogP contribution is -2.38. The van der Waals surface area contributed by atoms with E-state index in [1.807, 2.05) is 0 Å². The normalized spacial score (nSPS) is 24.2. The van der Waals surface area contributed by atoms with Crippen molar-refractivity contribution in [3.63, 3.8) is 0 Å². The number of morpholine rings is 1. The smallest absolute Gasteiger partial charge is 0.0638 e. The van der Waals surface area contributed by atoms with E-state index in [1.165, 1.54) is 12.0 Å². The maximum atomic E-state index is 9.33. The number of ether oxygens (including phenoxy) is 1. The highest BCUT2D eigenvalue weighted by Gasteiger charge is 2.19. The monoisotopic (exact) mass is 322 g/mol. The van der Waals surface area contributed by atoms with Crippen molar-refractivity contribution in [2.75, 3.05) is 52.5 Å². The van der Waals surface area contributed by atoms with Crippen molar-refractivity contribution >= 4 is 0 Å². The van der Waals surface area contributed by atoms with E-state index in [4.69, 9.17) is 4.74 Å². The lowest BCUT2D eigenvalue weighted by Gasteiger charge is -2.31. The Morgan fingerprint density at radius 3 is 2.83 bits per heavy atom. The summed E-state index contributed by atoms with van der Waals surface area (Å²) in [6, 6.07) is 0. The fourth-order valence-electron chi connectivity index (χ4n) is 3.58. The highest BCUT2D eigenvalue weighted by molar-refractivity contribution is 5.15. The third-order valence-electron chi connectivity index (χ3n) is 5.05. The van der Waals surface area contributed by atoms with E-state index in [2.05, 4.69) is 32.7 Å². The molecule has 6 heteroatoms. The van der Waals surface area contributed by atoms with Crippen molar-refractivity contribution in [3.05, 3.63) is 17.5 Å². The number of piperidine rings is 1. The fraction of sp³-hybridized carbons (Fsp3) is 0.824. The Kier molecular flexibility index (Phi) is 6.05. The average Bonchev–Trinajstić information content (AvgIpc) is 2.94. The zero-order valence-corrected chi connectivity index (χ0v) is 14.3. The number of hydrogen-bond acceptors (Lipinski definition) is 5. The van der Waals surface area contributed by atoms with Gasteiger partial charge in [0.1, 0.15) is 0 Å². The molecule has 0 spiro atoms. The van der Waals surface area contributed by atoms with Crippen LogP contribution < -0.4 is 0 Å².